The lowest BCUT2D eigenvalue weighted by Crippen LogP contribution is -2.44. The number of hydrogen-bond donors (Lipinski definition) is 1. The zero-order valence-corrected chi connectivity index (χ0v) is 25.5. The van der Waals surface area contributed by atoms with E-state index in [0.717, 1.165) is 33.6 Å². The summed E-state index contributed by atoms with van der Waals surface area (Å²) in [6, 6.07) is 16.1. The molecule has 1 fully saturated rings. The van der Waals surface area contributed by atoms with Gasteiger partial charge in [-0.25, -0.2) is 9.37 Å². The Labute approximate surface area is 264 Å². The number of aromatic nitrogens is 4. The molecule has 11 heteroatoms. The summed E-state index contributed by atoms with van der Waals surface area (Å²) < 4.78 is 16.6. The van der Waals surface area contributed by atoms with Crippen LogP contribution in [0.15, 0.2) is 79.4 Å². The van der Waals surface area contributed by atoms with Gasteiger partial charge in [-0.05, 0) is 66.9 Å². The van der Waals surface area contributed by atoms with E-state index in [1.165, 1.54) is 11.8 Å². The maximum Gasteiger partial charge on any atom is 0.247 e. The summed E-state index contributed by atoms with van der Waals surface area (Å²) in [5.74, 6) is -0.117. The summed E-state index contributed by atoms with van der Waals surface area (Å²) in [6.07, 6.45) is 5.23. The van der Waals surface area contributed by atoms with Crippen LogP contribution in [0.5, 0.6) is 0 Å². The molecule has 232 valence electrons. The summed E-state index contributed by atoms with van der Waals surface area (Å²) in [5.41, 5.74) is 6.74. The first-order valence-corrected chi connectivity index (χ1v) is 15.2. The summed E-state index contributed by atoms with van der Waals surface area (Å²) in [5, 5.41) is 11.5. The number of likely N-dealkylation sites (tertiary alicyclic amines) is 1. The Hall–Kier alpha value is -5.45. The molecule has 2 aliphatic rings. The number of halogens is 1. The molecule has 0 unspecified atom stereocenters. The Bertz CT molecular complexity index is 1980. The van der Waals surface area contributed by atoms with E-state index in [1.807, 2.05) is 61.5 Å². The van der Waals surface area contributed by atoms with E-state index in [4.69, 9.17) is 0 Å². The molecule has 0 saturated carbocycles. The normalized spacial score (nSPS) is 17.4. The number of benzene rings is 2. The average Bonchev–Trinajstić information content (AvgIpc) is 3.79. The number of carbonyl (C=O) groups excluding carboxylic acids is 3. The van der Waals surface area contributed by atoms with Crippen molar-refractivity contribution in [1.29, 1.82) is 0 Å². The lowest BCUT2D eigenvalue weighted by Gasteiger charge is -2.24. The Morgan fingerprint density at radius 2 is 1.83 bits per heavy atom. The van der Waals surface area contributed by atoms with E-state index in [9.17, 15) is 18.8 Å². The van der Waals surface area contributed by atoms with Gasteiger partial charge in [-0.1, -0.05) is 18.2 Å². The summed E-state index contributed by atoms with van der Waals surface area (Å²) in [6.45, 7) is 4.44. The van der Waals surface area contributed by atoms with Crippen molar-refractivity contribution < 1.29 is 18.8 Å². The van der Waals surface area contributed by atoms with Crippen LogP contribution in [0.2, 0.25) is 0 Å². The number of anilines is 2. The van der Waals surface area contributed by atoms with Crippen molar-refractivity contribution in [2.45, 2.75) is 52.1 Å². The van der Waals surface area contributed by atoms with Gasteiger partial charge in [-0.2, -0.15) is 10.2 Å². The van der Waals surface area contributed by atoms with Crippen LogP contribution >= 0.6 is 0 Å². The van der Waals surface area contributed by atoms with Crippen molar-refractivity contribution in [1.82, 2.24) is 24.6 Å². The molecule has 2 amide bonds. The maximum atomic E-state index is 14.9. The third-order valence-electron chi connectivity index (χ3n) is 8.95. The first-order valence-electron chi connectivity index (χ1n) is 15.2. The van der Waals surface area contributed by atoms with Crippen LogP contribution in [0, 0.1) is 6.92 Å². The zero-order valence-electron chi connectivity index (χ0n) is 25.5. The standard InChI is InChI=1S/C35H32FN7O3/c1-21-6-8-30(29-19-42(17-27(21)29)33-5-3-4-11-37-33)40-35(46)32-14-25(36)16-43(32)34(45)20-41-18-28(22(2)44)26-13-23(7-9-31(26)41)24-10-12-38-39-15-24/h3-13,15,18,25,32H,14,16-17,19-20H2,1-2H3,(H,40,46)/t25-,32+/m1/s1. The highest BCUT2D eigenvalue weighted by molar-refractivity contribution is 6.08. The van der Waals surface area contributed by atoms with Crippen molar-refractivity contribution in [2.75, 3.05) is 16.8 Å². The molecule has 2 atom stereocenters. The lowest BCUT2D eigenvalue weighted by molar-refractivity contribution is -0.137. The maximum absolute atomic E-state index is 14.9. The minimum atomic E-state index is -1.33. The van der Waals surface area contributed by atoms with Crippen LogP contribution in [0.1, 0.15) is 40.4 Å². The molecular formula is C35H32FN7O3. The number of rotatable bonds is 7. The van der Waals surface area contributed by atoms with Gasteiger partial charge in [-0.15, -0.1) is 0 Å². The van der Waals surface area contributed by atoms with E-state index in [-0.39, 0.29) is 25.3 Å². The summed E-state index contributed by atoms with van der Waals surface area (Å²) in [7, 11) is 0. The van der Waals surface area contributed by atoms with Crippen LogP contribution in [0.3, 0.4) is 0 Å². The number of aryl methyl sites for hydroxylation is 1. The van der Waals surface area contributed by atoms with Gasteiger partial charge in [0.2, 0.25) is 11.8 Å². The van der Waals surface area contributed by atoms with Gasteiger partial charge in [0, 0.05) is 65.2 Å². The van der Waals surface area contributed by atoms with Gasteiger partial charge in [-0.3, -0.25) is 14.4 Å². The monoisotopic (exact) mass is 617 g/mol. The number of amides is 2. The first kappa shape index (κ1) is 29.3. The number of pyridine rings is 1. The number of nitrogens with zero attached hydrogens (tertiary/aromatic N) is 6. The largest absolute Gasteiger partial charge is 0.348 e. The molecule has 7 rings (SSSR count). The van der Waals surface area contributed by atoms with Crippen molar-refractivity contribution in [2.24, 2.45) is 0 Å². The lowest BCUT2D eigenvalue weighted by atomic mass is 10.0. The molecule has 5 heterocycles. The van der Waals surface area contributed by atoms with Gasteiger partial charge >= 0.3 is 0 Å². The van der Waals surface area contributed by atoms with Crippen LogP contribution in [0.4, 0.5) is 15.9 Å². The predicted molar refractivity (Wildman–Crippen MR) is 172 cm³/mol. The molecule has 3 aromatic heterocycles. The SMILES string of the molecule is CC(=O)c1cn(CC(=O)N2C[C@H](F)C[C@H]2C(=O)Nc2ccc(C)c3c2CN(c2ccccn2)C3)c2ccc(-c3ccnnc3)cc12. The second kappa shape index (κ2) is 11.8. The predicted octanol–water partition coefficient (Wildman–Crippen LogP) is 5.10. The topological polar surface area (TPSA) is 113 Å². The number of hydrogen-bond acceptors (Lipinski definition) is 7. The van der Waals surface area contributed by atoms with E-state index in [1.54, 1.807) is 29.4 Å². The van der Waals surface area contributed by atoms with Crippen molar-refractivity contribution in [3.63, 3.8) is 0 Å². The van der Waals surface area contributed by atoms with Crippen molar-refractivity contribution >= 4 is 40.0 Å². The summed E-state index contributed by atoms with van der Waals surface area (Å²) in [4.78, 5) is 47.9. The third kappa shape index (κ3) is 5.38. The van der Waals surface area contributed by atoms with Crippen LogP contribution in [0.25, 0.3) is 22.0 Å². The van der Waals surface area contributed by atoms with Gasteiger partial charge < -0.3 is 19.7 Å². The number of nitrogens with one attached hydrogen (secondary N) is 1. The van der Waals surface area contributed by atoms with Crippen molar-refractivity contribution in [3.8, 4) is 11.1 Å². The molecule has 10 nitrogen and oxygen atoms in total. The number of Topliss-reactive ketones (excluding diaryl/α,β-unsaturated/α-hetero) is 1. The molecule has 0 radical (unpaired) electrons. The molecule has 46 heavy (non-hydrogen) atoms. The highest BCUT2D eigenvalue weighted by Crippen LogP contribution is 2.35. The van der Waals surface area contributed by atoms with E-state index in [2.05, 4.69) is 25.4 Å². The minimum Gasteiger partial charge on any atom is -0.348 e. The first-order chi connectivity index (χ1) is 22.3. The second-order valence-corrected chi connectivity index (χ2v) is 11.9. The van der Waals surface area contributed by atoms with Crippen LogP contribution in [-0.4, -0.2) is 61.0 Å². The van der Waals surface area contributed by atoms with Gasteiger partial charge in [0.05, 0.1) is 18.9 Å². The molecule has 0 spiro atoms. The zero-order chi connectivity index (χ0) is 31.9. The van der Waals surface area contributed by atoms with Crippen LogP contribution < -0.4 is 10.2 Å². The number of ketones is 1. The van der Waals surface area contributed by atoms with Crippen LogP contribution in [-0.2, 0) is 29.2 Å². The molecule has 0 aliphatic carbocycles. The average molecular weight is 618 g/mol. The summed E-state index contributed by atoms with van der Waals surface area (Å²) >= 11 is 0. The van der Waals surface area contributed by atoms with E-state index in [0.29, 0.717) is 35.2 Å². The van der Waals surface area contributed by atoms with E-state index >= 15 is 0 Å². The van der Waals surface area contributed by atoms with Gasteiger partial charge in [0.1, 0.15) is 24.6 Å². The fourth-order valence-electron chi connectivity index (χ4n) is 6.58. The highest BCUT2D eigenvalue weighted by Gasteiger charge is 2.40. The van der Waals surface area contributed by atoms with E-state index < -0.39 is 24.0 Å². The molecule has 2 aliphatic heterocycles. The number of alkyl halides is 1. The second-order valence-electron chi connectivity index (χ2n) is 11.9. The molecular weight excluding hydrogens is 585 g/mol. The quantitative estimate of drug-likeness (QED) is 0.253. The van der Waals surface area contributed by atoms with Crippen molar-refractivity contribution in [3.05, 3.63) is 102 Å². The van der Waals surface area contributed by atoms with Gasteiger partial charge in [0.15, 0.2) is 5.78 Å². The molecule has 0 bridgehead atoms. The minimum absolute atomic E-state index is 0.0832. The molecule has 1 saturated heterocycles. The Morgan fingerprint density at radius 3 is 2.59 bits per heavy atom. The molecule has 1 N–H and O–H groups in total. The fourth-order valence-corrected chi connectivity index (χ4v) is 6.58. The Kier molecular flexibility index (Phi) is 7.51. The molecule has 2 aromatic carbocycles. The number of fused-ring (bicyclic) bond motifs is 2. The Balaban J connectivity index is 1.12. The fraction of sp³-hybridized carbons (Fsp3) is 0.257. The highest BCUT2D eigenvalue weighted by atomic mass is 19.1. The van der Waals surface area contributed by atoms with Gasteiger partial charge in [0.25, 0.3) is 0 Å². The molecule has 5 aromatic rings. The number of carbonyl (C=O) groups is 3. The third-order valence-corrected chi connectivity index (χ3v) is 8.95. The smallest absolute Gasteiger partial charge is 0.247 e. The Morgan fingerprint density at radius 1 is 0.978 bits per heavy atom.